The summed E-state index contributed by atoms with van der Waals surface area (Å²) in [5.74, 6) is 0.565. The van der Waals surface area contributed by atoms with Gasteiger partial charge in [0.2, 0.25) is 5.78 Å². The summed E-state index contributed by atoms with van der Waals surface area (Å²) in [6.07, 6.45) is 5.88. The number of pyridine rings is 2. The summed E-state index contributed by atoms with van der Waals surface area (Å²) in [6, 6.07) is 27.6. The van der Waals surface area contributed by atoms with E-state index in [1.807, 2.05) is 68.4 Å². The molecule has 5 N–H and O–H groups in total. The first-order valence-electron chi connectivity index (χ1n) is 21.6. The first kappa shape index (κ1) is 49.5. The number of primary amides is 1. The molecule has 4 aromatic heterocycles. The Morgan fingerprint density at radius 1 is 0.817 bits per heavy atom. The highest BCUT2D eigenvalue weighted by Gasteiger charge is 2.26. The third-order valence-electron chi connectivity index (χ3n) is 10.9. The second-order valence-corrected chi connectivity index (χ2v) is 18.0. The molecular formula is C51H42Cl2N6O11S. The molecule has 0 unspecified atom stereocenters. The number of benzene rings is 5. The van der Waals surface area contributed by atoms with Gasteiger partial charge in [0.1, 0.15) is 22.7 Å². The zero-order valence-corrected chi connectivity index (χ0v) is 40.3. The summed E-state index contributed by atoms with van der Waals surface area (Å²) in [5.41, 5.74) is 8.97. The maximum Gasteiger partial charge on any atom is 0.316 e. The average Bonchev–Trinajstić information content (AvgIpc) is 3.70. The standard InChI is InChI=1S/C34H30N4O5.C17H12Cl2N2O6S/c1-3-42-29-15-23-14-24(19-39)28(20-40)32(27(23)17-30(29)43-4-2)21-11-13-36-31(16-21)38-34(41)26-10-6-5-9-25(26)33(37-38)22-8-7-12-35-18-22;1-28(24,25)27-9-3-5-11-13(7-9)26-16(14(11)21-17(20)23)15(22)10-4-2-8(18)6-12(10)19/h5-18,39-40H,3-4,19-20H2,1-2H3;2-7H,1H3,(H3,20,21,23). The van der Waals surface area contributed by atoms with Crippen LogP contribution in [0.3, 0.4) is 0 Å². The zero-order valence-electron chi connectivity index (χ0n) is 38.0. The van der Waals surface area contributed by atoms with Crippen molar-refractivity contribution in [3.05, 3.63) is 165 Å². The molecule has 0 saturated heterocycles. The van der Waals surface area contributed by atoms with Crippen molar-refractivity contribution in [3.8, 4) is 45.5 Å². The van der Waals surface area contributed by atoms with Gasteiger partial charge in [0, 0.05) is 51.6 Å². The highest BCUT2D eigenvalue weighted by atomic mass is 35.5. The van der Waals surface area contributed by atoms with Gasteiger partial charge >= 0.3 is 16.1 Å². The van der Waals surface area contributed by atoms with Crippen molar-refractivity contribution in [2.24, 2.45) is 5.73 Å². The molecule has 5 aromatic carbocycles. The molecule has 0 atom stereocenters. The monoisotopic (exact) mass is 1020 g/mol. The van der Waals surface area contributed by atoms with Gasteiger partial charge in [-0.2, -0.15) is 18.2 Å². The number of anilines is 1. The molecule has 17 nitrogen and oxygen atoms in total. The molecule has 2 amide bonds. The van der Waals surface area contributed by atoms with Gasteiger partial charge in [-0.05, 0) is 126 Å². The molecule has 20 heteroatoms. The number of aliphatic hydroxyl groups is 2. The molecule has 9 rings (SSSR count). The lowest BCUT2D eigenvalue weighted by Gasteiger charge is -2.19. The maximum absolute atomic E-state index is 13.8. The SMILES string of the molecule is CCOc1cc2cc(CO)c(CO)c(-c3ccnc(-n4nc(-c5cccnc5)c5ccccc5c4=O)c3)c2cc1OCC.CS(=O)(=O)Oc1ccc2c(NC(N)=O)c(C(=O)c3ccc(Cl)cc3Cl)oc2c1. The highest BCUT2D eigenvalue weighted by Crippen LogP contribution is 2.42. The number of furan rings is 1. The van der Waals surface area contributed by atoms with Gasteiger partial charge in [0.25, 0.3) is 5.56 Å². The normalized spacial score (nSPS) is 11.3. The Morgan fingerprint density at radius 3 is 2.23 bits per heavy atom. The van der Waals surface area contributed by atoms with E-state index >= 15 is 0 Å². The Morgan fingerprint density at radius 2 is 1.56 bits per heavy atom. The first-order chi connectivity index (χ1) is 34.1. The van der Waals surface area contributed by atoms with Crippen molar-refractivity contribution in [1.82, 2.24) is 19.7 Å². The number of hydrogen-bond acceptors (Lipinski definition) is 14. The van der Waals surface area contributed by atoms with E-state index in [1.54, 1.807) is 30.7 Å². The number of fused-ring (bicyclic) bond motifs is 3. The van der Waals surface area contributed by atoms with Crippen LogP contribution in [-0.2, 0) is 23.3 Å². The first-order valence-corrected chi connectivity index (χ1v) is 24.2. The number of aliphatic hydroxyl groups excluding tert-OH is 2. The van der Waals surface area contributed by atoms with Crippen LogP contribution in [0.5, 0.6) is 17.2 Å². The van der Waals surface area contributed by atoms with E-state index in [0.717, 1.165) is 22.6 Å². The Labute approximate surface area is 415 Å². The Bertz CT molecular complexity index is 3700. The quantitative estimate of drug-likeness (QED) is 0.0586. The molecule has 4 heterocycles. The average molecular weight is 1020 g/mol. The van der Waals surface area contributed by atoms with Gasteiger partial charge in [-0.1, -0.05) is 41.4 Å². The number of rotatable bonds is 14. The Balaban J connectivity index is 0.000000209. The molecule has 0 aliphatic heterocycles. The van der Waals surface area contributed by atoms with Crippen molar-refractivity contribution < 1.29 is 46.3 Å². The van der Waals surface area contributed by atoms with Gasteiger partial charge < -0.3 is 39.3 Å². The van der Waals surface area contributed by atoms with Gasteiger partial charge in [-0.15, -0.1) is 0 Å². The van der Waals surface area contributed by atoms with Crippen molar-refractivity contribution in [2.75, 3.05) is 24.8 Å². The minimum absolute atomic E-state index is 0.0180. The van der Waals surface area contributed by atoms with E-state index in [0.29, 0.717) is 79.7 Å². The summed E-state index contributed by atoms with van der Waals surface area (Å²) in [6.45, 7) is 4.13. The minimum atomic E-state index is -3.77. The third kappa shape index (κ3) is 10.5. The lowest BCUT2D eigenvalue weighted by atomic mass is 9.90. The molecule has 9 aromatic rings. The second-order valence-electron chi connectivity index (χ2n) is 15.5. The van der Waals surface area contributed by atoms with Crippen LogP contribution in [0.4, 0.5) is 10.5 Å². The molecule has 0 radical (unpaired) electrons. The van der Waals surface area contributed by atoms with E-state index in [2.05, 4.69) is 15.3 Å². The Hall–Kier alpha value is -7.87. The van der Waals surface area contributed by atoms with Crippen LogP contribution in [0.2, 0.25) is 10.0 Å². The number of nitrogens with one attached hydrogen (secondary N) is 1. The van der Waals surface area contributed by atoms with Crippen LogP contribution in [0.25, 0.3) is 60.7 Å². The van der Waals surface area contributed by atoms with Crippen LogP contribution in [0, 0.1) is 0 Å². The minimum Gasteiger partial charge on any atom is -0.490 e. The maximum atomic E-state index is 13.8. The fourth-order valence-electron chi connectivity index (χ4n) is 7.95. The van der Waals surface area contributed by atoms with E-state index in [4.69, 9.17) is 52.1 Å². The molecule has 0 bridgehead atoms. The second kappa shape index (κ2) is 21.0. The van der Waals surface area contributed by atoms with Crippen molar-refractivity contribution in [3.63, 3.8) is 0 Å². The van der Waals surface area contributed by atoms with E-state index in [-0.39, 0.29) is 52.1 Å². The number of nitrogens with zero attached hydrogens (tertiary/aromatic N) is 4. The largest absolute Gasteiger partial charge is 0.490 e. The summed E-state index contributed by atoms with van der Waals surface area (Å²) < 4.78 is 46.0. The number of hydrogen-bond donors (Lipinski definition) is 4. The van der Waals surface area contributed by atoms with Crippen LogP contribution in [0.1, 0.15) is 41.1 Å². The number of halogens is 2. The van der Waals surface area contributed by atoms with Crippen molar-refractivity contribution in [1.29, 1.82) is 0 Å². The van der Waals surface area contributed by atoms with Crippen LogP contribution in [0.15, 0.2) is 131 Å². The molecule has 0 fully saturated rings. The van der Waals surface area contributed by atoms with E-state index in [9.17, 15) is 33.0 Å². The van der Waals surface area contributed by atoms with Gasteiger partial charge in [0.15, 0.2) is 23.1 Å². The molecule has 0 saturated carbocycles. The van der Waals surface area contributed by atoms with Gasteiger partial charge in [-0.25, -0.2) is 9.78 Å². The van der Waals surface area contributed by atoms with Gasteiger partial charge in [-0.3, -0.25) is 14.6 Å². The number of urea groups is 1. The number of ketones is 1. The molecule has 0 aliphatic carbocycles. The fourth-order valence-corrected chi connectivity index (χ4v) is 8.90. The number of nitrogens with two attached hydrogens (primary N) is 1. The summed E-state index contributed by atoms with van der Waals surface area (Å²) >= 11 is 11.9. The number of aromatic nitrogens is 4. The Kier molecular flexibility index (Phi) is 14.7. The summed E-state index contributed by atoms with van der Waals surface area (Å²) in [5, 5.41) is 31.4. The molecule has 0 aliphatic rings. The number of ether oxygens (including phenoxy) is 2. The predicted molar refractivity (Wildman–Crippen MR) is 270 cm³/mol. The third-order valence-corrected chi connectivity index (χ3v) is 11.9. The van der Waals surface area contributed by atoms with Crippen LogP contribution >= 0.6 is 23.2 Å². The zero-order chi connectivity index (χ0) is 50.6. The van der Waals surface area contributed by atoms with Crippen molar-refractivity contribution >= 4 is 83.3 Å². The fraction of sp³-hybridized carbons (Fsp3) is 0.137. The molecule has 0 spiro atoms. The molecular weight excluding hydrogens is 976 g/mol. The lowest BCUT2D eigenvalue weighted by molar-refractivity contribution is 0.101. The van der Waals surface area contributed by atoms with E-state index < -0.39 is 21.9 Å². The van der Waals surface area contributed by atoms with Crippen LogP contribution in [-0.4, -0.2) is 69.7 Å². The highest BCUT2D eigenvalue weighted by molar-refractivity contribution is 7.86. The number of amides is 2. The molecule has 362 valence electrons. The number of carbonyl (C=O) groups is 2. The predicted octanol–water partition coefficient (Wildman–Crippen LogP) is 9.24. The smallest absolute Gasteiger partial charge is 0.316 e. The van der Waals surface area contributed by atoms with E-state index in [1.165, 1.54) is 41.1 Å². The van der Waals surface area contributed by atoms with Gasteiger partial charge in [0.05, 0.1) is 43.1 Å². The summed E-state index contributed by atoms with van der Waals surface area (Å²) in [4.78, 5) is 46.8. The molecule has 71 heavy (non-hydrogen) atoms. The topological polar surface area (TPSA) is 248 Å². The summed E-state index contributed by atoms with van der Waals surface area (Å²) in [7, 11) is -3.77. The van der Waals surface area contributed by atoms with Crippen LogP contribution < -0.4 is 30.3 Å². The number of carbonyl (C=O) groups excluding carboxylic acids is 2. The van der Waals surface area contributed by atoms with Crippen molar-refractivity contribution in [2.45, 2.75) is 27.1 Å². The lowest BCUT2D eigenvalue weighted by Crippen LogP contribution is -2.23.